The summed E-state index contributed by atoms with van der Waals surface area (Å²) in [7, 11) is 2.23. The highest BCUT2D eigenvalue weighted by Gasteiger charge is 2.18. The van der Waals surface area contributed by atoms with Gasteiger partial charge in [0.25, 0.3) is 0 Å². The number of hydrogen-bond donors (Lipinski definition) is 0. The molecule has 0 saturated carbocycles. The third-order valence-corrected chi connectivity index (χ3v) is 4.46. The third kappa shape index (κ3) is 4.23. The van der Waals surface area contributed by atoms with E-state index in [0.29, 0.717) is 0 Å². The molecule has 2 rings (SSSR count). The molecular formula is C14H29N3. The molecular weight excluding hydrogens is 210 g/mol. The zero-order chi connectivity index (χ0) is 12.1. The maximum Gasteiger partial charge on any atom is 0.0110 e. The maximum absolute atomic E-state index is 2.69. The Bertz CT molecular complexity index is 212. The van der Waals surface area contributed by atoms with E-state index in [-0.39, 0.29) is 0 Å². The molecule has 2 heterocycles. The van der Waals surface area contributed by atoms with Gasteiger partial charge in [0, 0.05) is 32.2 Å². The van der Waals surface area contributed by atoms with Crippen molar-refractivity contribution in [2.45, 2.75) is 38.6 Å². The Kier molecular flexibility index (Phi) is 5.26. The Morgan fingerprint density at radius 3 is 2.41 bits per heavy atom. The molecule has 2 saturated heterocycles. The second-order valence-electron chi connectivity index (χ2n) is 5.88. The molecule has 17 heavy (non-hydrogen) atoms. The first-order valence-corrected chi connectivity index (χ1v) is 7.40. The second-order valence-corrected chi connectivity index (χ2v) is 5.88. The highest BCUT2D eigenvalue weighted by atomic mass is 15.2. The number of likely N-dealkylation sites (N-methyl/N-ethyl adjacent to an activating group) is 1. The van der Waals surface area contributed by atoms with Gasteiger partial charge in [0.05, 0.1) is 0 Å². The van der Waals surface area contributed by atoms with Crippen molar-refractivity contribution in [3.8, 4) is 0 Å². The largest absolute Gasteiger partial charge is 0.304 e. The van der Waals surface area contributed by atoms with Gasteiger partial charge in [-0.25, -0.2) is 0 Å². The fourth-order valence-corrected chi connectivity index (χ4v) is 3.06. The lowest BCUT2D eigenvalue weighted by molar-refractivity contribution is 0.127. The number of likely N-dealkylation sites (tertiary alicyclic amines) is 1. The first-order chi connectivity index (χ1) is 8.25. The normalized spacial score (nSPS) is 29.6. The molecule has 1 unspecified atom stereocenters. The van der Waals surface area contributed by atoms with Crippen LogP contribution >= 0.6 is 0 Å². The number of nitrogens with zero attached hydrogens (tertiary/aromatic N) is 3. The molecule has 0 amide bonds. The zero-order valence-electron chi connectivity index (χ0n) is 11.7. The Morgan fingerprint density at radius 2 is 1.71 bits per heavy atom. The molecule has 0 N–H and O–H groups in total. The molecule has 1 atom stereocenters. The minimum atomic E-state index is 0.830. The lowest BCUT2D eigenvalue weighted by Crippen LogP contribution is -2.45. The predicted molar refractivity (Wildman–Crippen MR) is 73.4 cm³/mol. The van der Waals surface area contributed by atoms with Crippen LogP contribution in [0.5, 0.6) is 0 Å². The first-order valence-electron chi connectivity index (χ1n) is 7.40. The summed E-state index contributed by atoms with van der Waals surface area (Å²) in [4.78, 5) is 7.76. The molecule has 0 radical (unpaired) electrons. The topological polar surface area (TPSA) is 9.72 Å². The summed E-state index contributed by atoms with van der Waals surface area (Å²) in [6, 6.07) is 0.830. The minimum absolute atomic E-state index is 0.830. The van der Waals surface area contributed by atoms with Gasteiger partial charge in [0.1, 0.15) is 0 Å². The highest BCUT2D eigenvalue weighted by Crippen LogP contribution is 2.16. The molecule has 0 aromatic heterocycles. The molecule has 0 bridgehead atoms. The van der Waals surface area contributed by atoms with Crippen LogP contribution in [0.3, 0.4) is 0 Å². The van der Waals surface area contributed by atoms with E-state index in [1.807, 2.05) is 0 Å². The summed E-state index contributed by atoms with van der Waals surface area (Å²) in [5.41, 5.74) is 0. The number of rotatable bonds is 4. The summed E-state index contributed by atoms with van der Waals surface area (Å²) in [5, 5.41) is 0. The first kappa shape index (κ1) is 13.3. The van der Waals surface area contributed by atoms with Gasteiger partial charge >= 0.3 is 0 Å². The van der Waals surface area contributed by atoms with E-state index >= 15 is 0 Å². The van der Waals surface area contributed by atoms with Gasteiger partial charge in [0.15, 0.2) is 0 Å². The summed E-state index contributed by atoms with van der Waals surface area (Å²) in [5.74, 6) is 0. The van der Waals surface area contributed by atoms with E-state index < -0.39 is 0 Å². The van der Waals surface area contributed by atoms with E-state index in [0.717, 1.165) is 6.04 Å². The summed E-state index contributed by atoms with van der Waals surface area (Å²) >= 11 is 0. The van der Waals surface area contributed by atoms with Crippen molar-refractivity contribution in [3.05, 3.63) is 0 Å². The number of piperidine rings is 1. The summed E-state index contributed by atoms with van der Waals surface area (Å²) < 4.78 is 0. The molecule has 2 fully saturated rings. The van der Waals surface area contributed by atoms with Gasteiger partial charge in [-0.2, -0.15) is 0 Å². The predicted octanol–water partition coefficient (Wildman–Crippen LogP) is 1.50. The van der Waals surface area contributed by atoms with Crippen LogP contribution in [0.4, 0.5) is 0 Å². The van der Waals surface area contributed by atoms with Crippen molar-refractivity contribution in [1.82, 2.24) is 14.7 Å². The van der Waals surface area contributed by atoms with Crippen LogP contribution in [0.1, 0.15) is 32.6 Å². The SMILES string of the molecule is CC1CCCCN1CCCN1CCN(C)CC1. The second kappa shape index (κ2) is 6.72. The van der Waals surface area contributed by atoms with Gasteiger partial charge in [-0.15, -0.1) is 0 Å². The van der Waals surface area contributed by atoms with E-state index in [9.17, 15) is 0 Å². The molecule has 100 valence electrons. The van der Waals surface area contributed by atoms with Crippen molar-refractivity contribution >= 4 is 0 Å². The monoisotopic (exact) mass is 239 g/mol. The zero-order valence-corrected chi connectivity index (χ0v) is 11.7. The Hall–Kier alpha value is -0.120. The van der Waals surface area contributed by atoms with Gasteiger partial charge < -0.3 is 14.7 Å². The van der Waals surface area contributed by atoms with Gasteiger partial charge in [-0.05, 0) is 52.9 Å². The fourth-order valence-electron chi connectivity index (χ4n) is 3.06. The van der Waals surface area contributed by atoms with Crippen LogP contribution in [0.15, 0.2) is 0 Å². The van der Waals surface area contributed by atoms with Crippen LogP contribution in [0.2, 0.25) is 0 Å². The fraction of sp³-hybridized carbons (Fsp3) is 1.00. The van der Waals surface area contributed by atoms with Gasteiger partial charge in [-0.1, -0.05) is 6.42 Å². The molecule has 3 heteroatoms. The van der Waals surface area contributed by atoms with Crippen molar-refractivity contribution < 1.29 is 0 Å². The smallest absolute Gasteiger partial charge is 0.0110 e. The van der Waals surface area contributed by atoms with E-state index in [1.54, 1.807) is 0 Å². The molecule has 0 aromatic carbocycles. The van der Waals surface area contributed by atoms with Gasteiger partial charge in [-0.3, -0.25) is 0 Å². The van der Waals surface area contributed by atoms with Crippen LogP contribution in [-0.4, -0.2) is 73.6 Å². The maximum atomic E-state index is 2.69. The van der Waals surface area contributed by atoms with Crippen LogP contribution in [0.25, 0.3) is 0 Å². The van der Waals surface area contributed by atoms with Crippen LogP contribution in [0, 0.1) is 0 Å². The van der Waals surface area contributed by atoms with E-state index in [4.69, 9.17) is 0 Å². The summed E-state index contributed by atoms with van der Waals surface area (Å²) in [6.07, 6.45) is 5.62. The van der Waals surface area contributed by atoms with E-state index in [1.165, 1.54) is 71.5 Å². The van der Waals surface area contributed by atoms with Crippen molar-refractivity contribution in [3.63, 3.8) is 0 Å². The Balaban J connectivity index is 1.59. The Morgan fingerprint density at radius 1 is 0.941 bits per heavy atom. The minimum Gasteiger partial charge on any atom is -0.304 e. The van der Waals surface area contributed by atoms with E-state index in [2.05, 4.69) is 28.7 Å². The van der Waals surface area contributed by atoms with Crippen LogP contribution < -0.4 is 0 Å². The van der Waals surface area contributed by atoms with Crippen molar-refractivity contribution in [1.29, 1.82) is 0 Å². The average molecular weight is 239 g/mol. The van der Waals surface area contributed by atoms with Gasteiger partial charge in [0.2, 0.25) is 0 Å². The molecule has 0 aliphatic carbocycles. The Labute approximate surface area is 107 Å². The highest BCUT2D eigenvalue weighted by molar-refractivity contribution is 4.74. The lowest BCUT2D eigenvalue weighted by atomic mass is 10.0. The molecule has 2 aliphatic rings. The van der Waals surface area contributed by atoms with Crippen molar-refractivity contribution in [2.75, 3.05) is 52.9 Å². The standard InChI is InChI=1S/C14H29N3/c1-14-6-3-4-8-17(14)9-5-7-16-12-10-15(2)11-13-16/h14H,3-13H2,1-2H3. The molecule has 0 aromatic rings. The average Bonchev–Trinajstić information content (AvgIpc) is 2.34. The molecule has 0 spiro atoms. The quantitative estimate of drug-likeness (QED) is 0.736. The summed E-state index contributed by atoms with van der Waals surface area (Å²) in [6.45, 7) is 11.4. The number of hydrogen-bond acceptors (Lipinski definition) is 3. The van der Waals surface area contributed by atoms with Crippen LogP contribution in [-0.2, 0) is 0 Å². The van der Waals surface area contributed by atoms with Crippen molar-refractivity contribution in [2.24, 2.45) is 0 Å². The third-order valence-electron chi connectivity index (χ3n) is 4.46. The number of piperazine rings is 1. The lowest BCUT2D eigenvalue weighted by Gasteiger charge is -2.35. The molecule has 2 aliphatic heterocycles. The molecule has 3 nitrogen and oxygen atoms in total.